The predicted molar refractivity (Wildman–Crippen MR) is 127 cm³/mol. The Morgan fingerprint density at radius 3 is 1.52 bits per heavy atom. The van der Waals surface area contributed by atoms with E-state index in [1.54, 1.807) is 0 Å². The number of aromatic nitrogens is 5. The van der Waals surface area contributed by atoms with Crippen molar-refractivity contribution in [2.45, 2.75) is 39.5 Å². The molecule has 0 bridgehead atoms. The lowest BCUT2D eigenvalue weighted by Crippen LogP contribution is -1.88. The first kappa shape index (κ1) is 17.1. The Kier molecular flexibility index (Phi) is 3.06. The van der Waals surface area contributed by atoms with Crippen LogP contribution in [0.2, 0.25) is 0 Å². The highest BCUT2D eigenvalue weighted by Crippen LogP contribution is 2.35. The first-order chi connectivity index (χ1) is 15.0. The highest BCUT2D eigenvalue weighted by atomic mass is 15.3. The van der Waals surface area contributed by atoms with E-state index in [0.29, 0.717) is 11.8 Å². The zero-order valence-electron chi connectivity index (χ0n) is 18.1. The summed E-state index contributed by atoms with van der Waals surface area (Å²) in [5, 5.41) is 0. The second-order valence-corrected chi connectivity index (χ2v) is 9.28. The van der Waals surface area contributed by atoms with Gasteiger partial charge in [0.1, 0.15) is 5.52 Å². The molecule has 152 valence electrons. The third-order valence-corrected chi connectivity index (χ3v) is 6.75. The first-order valence-electron chi connectivity index (χ1n) is 11.0. The Morgan fingerprint density at radius 2 is 1.06 bits per heavy atom. The lowest BCUT2D eigenvalue weighted by molar-refractivity contribution is 0.868. The Hall–Kier alpha value is -3.60. The fourth-order valence-electron chi connectivity index (χ4n) is 5.06. The van der Waals surface area contributed by atoms with Crippen LogP contribution in [0.25, 0.3) is 50.2 Å². The summed E-state index contributed by atoms with van der Waals surface area (Å²) in [6, 6.07) is 19.8. The Bertz CT molecular complexity index is 1660. The van der Waals surface area contributed by atoms with Crippen molar-refractivity contribution in [2.24, 2.45) is 0 Å². The maximum absolute atomic E-state index is 5.09. The first-order valence-corrected chi connectivity index (χ1v) is 11.0. The predicted octanol–water partition coefficient (Wildman–Crippen LogP) is 6.38. The van der Waals surface area contributed by atoms with Crippen molar-refractivity contribution in [1.82, 2.24) is 23.2 Å². The number of fused-ring (bicyclic) bond motifs is 10. The minimum atomic E-state index is 0.478. The van der Waals surface area contributed by atoms with Crippen LogP contribution in [0.3, 0.4) is 0 Å². The number of benzene rings is 3. The van der Waals surface area contributed by atoms with Gasteiger partial charge in [-0.3, -0.25) is 8.80 Å². The van der Waals surface area contributed by atoms with Crippen LogP contribution in [-0.4, -0.2) is 23.2 Å². The molecule has 5 heteroatoms. The quantitative estimate of drug-likeness (QED) is 0.335. The van der Waals surface area contributed by atoms with E-state index < -0.39 is 0 Å². The van der Waals surface area contributed by atoms with Crippen molar-refractivity contribution in [2.75, 3.05) is 0 Å². The van der Waals surface area contributed by atoms with Crippen molar-refractivity contribution >= 4 is 50.2 Å². The standard InChI is InChI=1S/C26H23N5/c1-14(2)16-8-10-20-18(12-16)27-25-29(20)22-6-5-7-23-24(22)31(25)26-28-19-13-17(15(3)4)9-11-21(19)30(23)26/h5-15H,1-4H3. The zero-order chi connectivity index (χ0) is 21.0. The van der Waals surface area contributed by atoms with Crippen LogP contribution in [-0.2, 0) is 0 Å². The molecule has 0 aliphatic rings. The minimum Gasteiger partial charge on any atom is -0.276 e. The lowest BCUT2D eigenvalue weighted by Gasteiger charge is -2.04. The van der Waals surface area contributed by atoms with Gasteiger partial charge in [-0.15, -0.1) is 0 Å². The summed E-state index contributed by atoms with van der Waals surface area (Å²) in [4.78, 5) is 10.2. The minimum absolute atomic E-state index is 0.478. The number of hydrogen-bond donors (Lipinski definition) is 0. The summed E-state index contributed by atoms with van der Waals surface area (Å²) < 4.78 is 6.79. The molecule has 0 fully saturated rings. The van der Waals surface area contributed by atoms with E-state index in [1.807, 2.05) is 0 Å². The molecule has 0 aliphatic carbocycles. The van der Waals surface area contributed by atoms with E-state index in [1.165, 1.54) is 27.7 Å². The van der Waals surface area contributed by atoms with E-state index in [4.69, 9.17) is 9.97 Å². The molecule has 5 nitrogen and oxygen atoms in total. The molecule has 4 heterocycles. The van der Waals surface area contributed by atoms with Gasteiger partial charge in [0, 0.05) is 0 Å². The number of para-hydroxylation sites is 1. The van der Waals surface area contributed by atoms with E-state index in [0.717, 1.165) is 33.6 Å². The molecule has 0 saturated carbocycles. The molecule has 0 unspecified atom stereocenters. The number of nitrogens with zero attached hydrogens (tertiary/aromatic N) is 5. The van der Waals surface area contributed by atoms with Crippen LogP contribution < -0.4 is 0 Å². The van der Waals surface area contributed by atoms with Gasteiger partial charge in [-0.2, -0.15) is 0 Å². The van der Waals surface area contributed by atoms with E-state index in [-0.39, 0.29) is 0 Å². The molecule has 0 amide bonds. The lowest BCUT2D eigenvalue weighted by atomic mass is 10.0. The Balaban J connectivity index is 1.69. The molecule has 7 rings (SSSR count). The summed E-state index contributed by atoms with van der Waals surface area (Å²) in [5.41, 5.74) is 10.5. The topological polar surface area (TPSA) is 39.0 Å². The maximum Gasteiger partial charge on any atom is 0.223 e. The van der Waals surface area contributed by atoms with Crippen molar-refractivity contribution in [3.05, 3.63) is 65.7 Å². The maximum atomic E-state index is 5.09. The van der Waals surface area contributed by atoms with Crippen LogP contribution in [0.1, 0.15) is 50.7 Å². The highest BCUT2D eigenvalue weighted by molar-refractivity contribution is 6.03. The largest absolute Gasteiger partial charge is 0.276 e. The summed E-state index contributed by atoms with van der Waals surface area (Å²) in [6.07, 6.45) is 0. The van der Waals surface area contributed by atoms with Gasteiger partial charge in [0.15, 0.2) is 0 Å². The molecule has 3 aromatic carbocycles. The molecule has 4 aromatic heterocycles. The number of hydrogen-bond acceptors (Lipinski definition) is 2. The van der Waals surface area contributed by atoms with Gasteiger partial charge in [0.05, 0.1) is 33.1 Å². The molecule has 7 aromatic rings. The average molecular weight is 406 g/mol. The van der Waals surface area contributed by atoms with Crippen molar-refractivity contribution in [3.8, 4) is 0 Å². The van der Waals surface area contributed by atoms with Crippen LogP contribution in [0.4, 0.5) is 0 Å². The van der Waals surface area contributed by atoms with Crippen molar-refractivity contribution < 1.29 is 0 Å². The number of rotatable bonds is 2. The second-order valence-electron chi connectivity index (χ2n) is 9.28. The fraction of sp³-hybridized carbons (Fsp3) is 0.231. The van der Waals surface area contributed by atoms with E-state index in [2.05, 4.69) is 95.5 Å². The molecule has 0 spiro atoms. The van der Waals surface area contributed by atoms with Gasteiger partial charge in [-0.05, 0) is 59.4 Å². The highest BCUT2D eigenvalue weighted by Gasteiger charge is 2.23. The van der Waals surface area contributed by atoms with Crippen LogP contribution in [0.5, 0.6) is 0 Å². The zero-order valence-corrected chi connectivity index (χ0v) is 18.1. The van der Waals surface area contributed by atoms with Crippen LogP contribution >= 0.6 is 0 Å². The smallest absolute Gasteiger partial charge is 0.223 e. The Morgan fingerprint density at radius 1 is 0.581 bits per heavy atom. The summed E-state index contributed by atoms with van der Waals surface area (Å²) in [7, 11) is 0. The molecule has 0 radical (unpaired) electrons. The molecular weight excluding hydrogens is 382 g/mol. The molecular formula is C26H23N5. The summed E-state index contributed by atoms with van der Waals surface area (Å²) >= 11 is 0. The van der Waals surface area contributed by atoms with Gasteiger partial charge in [-0.1, -0.05) is 45.9 Å². The molecule has 0 N–H and O–H groups in total. The van der Waals surface area contributed by atoms with Gasteiger partial charge in [0.2, 0.25) is 11.6 Å². The summed E-state index contributed by atoms with van der Waals surface area (Å²) in [5.74, 6) is 2.81. The van der Waals surface area contributed by atoms with Crippen LogP contribution in [0.15, 0.2) is 54.6 Å². The van der Waals surface area contributed by atoms with Crippen LogP contribution in [0, 0.1) is 0 Å². The van der Waals surface area contributed by atoms with Gasteiger partial charge < -0.3 is 0 Å². The average Bonchev–Trinajstić information content (AvgIpc) is 3.46. The normalized spacial score (nSPS) is 13.1. The third kappa shape index (κ3) is 2.01. The van der Waals surface area contributed by atoms with Gasteiger partial charge in [0.25, 0.3) is 0 Å². The molecule has 0 atom stereocenters. The monoisotopic (exact) mass is 405 g/mol. The molecule has 31 heavy (non-hydrogen) atoms. The van der Waals surface area contributed by atoms with Gasteiger partial charge >= 0.3 is 0 Å². The van der Waals surface area contributed by atoms with Gasteiger partial charge in [-0.25, -0.2) is 14.4 Å². The Labute approximate surface area is 178 Å². The van der Waals surface area contributed by atoms with Crippen molar-refractivity contribution in [3.63, 3.8) is 0 Å². The van der Waals surface area contributed by atoms with E-state index in [9.17, 15) is 0 Å². The summed E-state index contributed by atoms with van der Waals surface area (Å²) in [6.45, 7) is 8.89. The SMILES string of the molecule is CC(C)c1ccc2c(c1)nc1n2c2cccc3c2n1c1nc2cc(C(C)C)ccc2n31. The third-order valence-electron chi connectivity index (χ3n) is 6.75. The fourth-order valence-corrected chi connectivity index (χ4v) is 5.06. The number of imidazole rings is 4. The molecule has 0 aliphatic heterocycles. The molecule has 0 saturated heterocycles. The van der Waals surface area contributed by atoms with E-state index >= 15 is 0 Å². The second kappa shape index (κ2) is 5.55. The van der Waals surface area contributed by atoms with Crippen molar-refractivity contribution in [1.29, 1.82) is 0 Å².